The molecule has 0 saturated heterocycles. The van der Waals surface area contributed by atoms with E-state index in [9.17, 15) is 4.79 Å². The molecule has 1 rings (SSSR count). The molecule has 0 aliphatic carbocycles. The van der Waals surface area contributed by atoms with Gasteiger partial charge < -0.3 is 5.32 Å². The van der Waals surface area contributed by atoms with Crippen LogP contribution < -0.4 is 5.32 Å². The van der Waals surface area contributed by atoms with Crippen molar-refractivity contribution in [2.45, 2.75) is 39.7 Å². The molecule has 1 heterocycles. The lowest BCUT2D eigenvalue weighted by atomic mass is 10.2. The molecule has 1 aromatic heterocycles. The van der Waals surface area contributed by atoms with Gasteiger partial charge in [-0.05, 0) is 12.5 Å². The third-order valence-electron chi connectivity index (χ3n) is 1.99. The standard InChI is InChI=1S/C10H17N3O/c1-3-5-8-6-9(13-12-8)7-11-10(14)4-2/h6H,3-5,7H2,1-2H3,(H,11,14)(H,12,13). The van der Waals surface area contributed by atoms with Crippen LogP contribution in [0.5, 0.6) is 0 Å². The molecule has 1 amide bonds. The number of amides is 1. The summed E-state index contributed by atoms with van der Waals surface area (Å²) >= 11 is 0. The summed E-state index contributed by atoms with van der Waals surface area (Å²) in [7, 11) is 0. The van der Waals surface area contributed by atoms with Crippen molar-refractivity contribution in [3.8, 4) is 0 Å². The molecule has 1 aromatic rings. The lowest BCUT2D eigenvalue weighted by Crippen LogP contribution is -2.21. The smallest absolute Gasteiger partial charge is 0.220 e. The van der Waals surface area contributed by atoms with Gasteiger partial charge in [0.25, 0.3) is 0 Å². The van der Waals surface area contributed by atoms with Crippen molar-refractivity contribution >= 4 is 5.91 Å². The maximum Gasteiger partial charge on any atom is 0.220 e. The van der Waals surface area contributed by atoms with Crippen molar-refractivity contribution in [2.75, 3.05) is 0 Å². The molecule has 0 radical (unpaired) electrons. The van der Waals surface area contributed by atoms with E-state index in [1.54, 1.807) is 0 Å². The second-order valence-electron chi connectivity index (χ2n) is 3.26. The lowest BCUT2D eigenvalue weighted by Gasteiger charge is -1.99. The molecule has 0 aliphatic rings. The Morgan fingerprint density at radius 2 is 2.36 bits per heavy atom. The molecule has 0 atom stereocenters. The van der Waals surface area contributed by atoms with Gasteiger partial charge in [0.1, 0.15) is 0 Å². The first-order valence-corrected chi connectivity index (χ1v) is 5.06. The number of carbonyl (C=O) groups excluding carboxylic acids is 1. The first-order valence-electron chi connectivity index (χ1n) is 5.06. The van der Waals surface area contributed by atoms with Crippen LogP contribution >= 0.6 is 0 Å². The van der Waals surface area contributed by atoms with E-state index in [4.69, 9.17) is 0 Å². The average Bonchev–Trinajstić information content (AvgIpc) is 2.63. The van der Waals surface area contributed by atoms with E-state index in [-0.39, 0.29) is 5.91 Å². The van der Waals surface area contributed by atoms with Gasteiger partial charge in [-0.15, -0.1) is 0 Å². The molecule has 0 aliphatic heterocycles. The van der Waals surface area contributed by atoms with Crippen LogP contribution in [0.2, 0.25) is 0 Å². The third kappa shape index (κ3) is 3.20. The highest BCUT2D eigenvalue weighted by Gasteiger charge is 2.01. The first-order chi connectivity index (χ1) is 6.76. The minimum absolute atomic E-state index is 0.0663. The van der Waals surface area contributed by atoms with E-state index in [1.165, 1.54) is 0 Å². The molecule has 0 saturated carbocycles. The fourth-order valence-electron chi connectivity index (χ4n) is 1.20. The molecular weight excluding hydrogens is 178 g/mol. The van der Waals surface area contributed by atoms with Gasteiger partial charge in [-0.3, -0.25) is 9.89 Å². The molecule has 0 unspecified atom stereocenters. The van der Waals surface area contributed by atoms with Gasteiger partial charge in [0.15, 0.2) is 0 Å². The predicted molar refractivity (Wildman–Crippen MR) is 54.7 cm³/mol. The van der Waals surface area contributed by atoms with Crippen LogP contribution in [-0.4, -0.2) is 16.1 Å². The SMILES string of the molecule is CCCc1cc(CNC(=O)CC)[nH]n1. The van der Waals surface area contributed by atoms with E-state index < -0.39 is 0 Å². The Morgan fingerprint density at radius 3 is 3.00 bits per heavy atom. The molecule has 0 aromatic carbocycles. The highest BCUT2D eigenvalue weighted by Crippen LogP contribution is 2.01. The van der Waals surface area contributed by atoms with Gasteiger partial charge >= 0.3 is 0 Å². The number of carbonyl (C=O) groups is 1. The van der Waals surface area contributed by atoms with Crippen molar-refractivity contribution in [2.24, 2.45) is 0 Å². The zero-order valence-corrected chi connectivity index (χ0v) is 8.76. The van der Waals surface area contributed by atoms with E-state index >= 15 is 0 Å². The Bertz CT molecular complexity index is 293. The quantitative estimate of drug-likeness (QED) is 0.746. The topological polar surface area (TPSA) is 57.8 Å². The molecule has 0 spiro atoms. The number of rotatable bonds is 5. The Labute approximate surface area is 84.1 Å². The number of nitrogens with one attached hydrogen (secondary N) is 2. The molecular formula is C10H17N3O. The van der Waals surface area contributed by atoms with E-state index in [0.29, 0.717) is 13.0 Å². The van der Waals surface area contributed by atoms with Crippen molar-refractivity contribution < 1.29 is 4.79 Å². The third-order valence-corrected chi connectivity index (χ3v) is 1.99. The summed E-state index contributed by atoms with van der Waals surface area (Å²) in [5, 5.41) is 9.83. The monoisotopic (exact) mass is 195 g/mol. The van der Waals surface area contributed by atoms with Crippen molar-refractivity contribution in [1.29, 1.82) is 0 Å². The zero-order chi connectivity index (χ0) is 10.4. The van der Waals surface area contributed by atoms with E-state index in [2.05, 4.69) is 22.4 Å². The van der Waals surface area contributed by atoms with Crippen LogP contribution in [0.15, 0.2) is 6.07 Å². The lowest BCUT2D eigenvalue weighted by molar-refractivity contribution is -0.120. The predicted octanol–water partition coefficient (Wildman–Crippen LogP) is 1.39. The summed E-state index contributed by atoms with van der Waals surface area (Å²) in [5.74, 6) is 0.0663. The Morgan fingerprint density at radius 1 is 1.57 bits per heavy atom. The largest absolute Gasteiger partial charge is 0.350 e. The van der Waals surface area contributed by atoms with Gasteiger partial charge in [-0.1, -0.05) is 20.3 Å². The van der Waals surface area contributed by atoms with Crippen LogP contribution in [0.25, 0.3) is 0 Å². The second-order valence-corrected chi connectivity index (χ2v) is 3.26. The van der Waals surface area contributed by atoms with Crippen molar-refractivity contribution in [3.05, 3.63) is 17.5 Å². The molecule has 4 heteroatoms. The summed E-state index contributed by atoms with van der Waals surface area (Å²) in [6.45, 7) is 4.50. The van der Waals surface area contributed by atoms with Crippen LogP contribution in [0.4, 0.5) is 0 Å². The summed E-state index contributed by atoms with van der Waals surface area (Å²) in [6.07, 6.45) is 2.60. The molecule has 0 fully saturated rings. The molecule has 78 valence electrons. The molecule has 2 N–H and O–H groups in total. The number of aryl methyl sites for hydroxylation is 1. The summed E-state index contributed by atoms with van der Waals surface area (Å²) in [5.41, 5.74) is 2.03. The Balaban J connectivity index is 2.39. The van der Waals surface area contributed by atoms with Gasteiger partial charge in [0, 0.05) is 6.42 Å². The van der Waals surface area contributed by atoms with Crippen LogP contribution in [-0.2, 0) is 17.8 Å². The maximum atomic E-state index is 11.0. The van der Waals surface area contributed by atoms with Gasteiger partial charge in [0.2, 0.25) is 5.91 Å². The fourth-order valence-corrected chi connectivity index (χ4v) is 1.20. The number of nitrogens with zero attached hydrogens (tertiary/aromatic N) is 1. The molecule has 0 bridgehead atoms. The minimum atomic E-state index is 0.0663. The molecule has 4 nitrogen and oxygen atoms in total. The van der Waals surface area contributed by atoms with E-state index in [0.717, 1.165) is 24.2 Å². The maximum absolute atomic E-state index is 11.0. The number of H-pyrrole nitrogens is 1. The number of aromatic nitrogens is 2. The minimum Gasteiger partial charge on any atom is -0.350 e. The number of hydrogen-bond donors (Lipinski definition) is 2. The summed E-state index contributed by atoms with van der Waals surface area (Å²) in [6, 6.07) is 2.00. The Kier molecular flexibility index (Phi) is 4.16. The highest BCUT2D eigenvalue weighted by atomic mass is 16.1. The van der Waals surface area contributed by atoms with Gasteiger partial charge in [-0.25, -0.2) is 0 Å². The zero-order valence-electron chi connectivity index (χ0n) is 8.76. The van der Waals surface area contributed by atoms with Crippen molar-refractivity contribution in [1.82, 2.24) is 15.5 Å². The second kappa shape index (κ2) is 5.42. The number of hydrogen-bond acceptors (Lipinski definition) is 2. The van der Waals surface area contributed by atoms with E-state index in [1.807, 2.05) is 13.0 Å². The Hall–Kier alpha value is -1.32. The van der Waals surface area contributed by atoms with Crippen LogP contribution in [0, 0.1) is 0 Å². The van der Waals surface area contributed by atoms with Gasteiger partial charge in [-0.2, -0.15) is 5.10 Å². The van der Waals surface area contributed by atoms with Crippen molar-refractivity contribution in [3.63, 3.8) is 0 Å². The fraction of sp³-hybridized carbons (Fsp3) is 0.600. The highest BCUT2D eigenvalue weighted by molar-refractivity contribution is 5.75. The van der Waals surface area contributed by atoms with Crippen LogP contribution in [0.1, 0.15) is 38.1 Å². The average molecular weight is 195 g/mol. The summed E-state index contributed by atoms with van der Waals surface area (Å²) in [4.78, 5) is 11.0. The molecule has 14 heavy (non-hydrogen) atoms. The van der Waals surface area contributed by atoms with Crippen LogP contribution in [0.3, 0.4) is 0 Å². The normalized spacial score (nSPS) is 10.1. The van der Waals surface area contributed by atoms with Gasteiger partial charge in [0.05, 0.1) is 17.9 Å². The number of aromatic amines is 1. The first kappa shape index (κ1) is 10.8. The summed E-state index contributed by atoms with van der Waals surface area (Å²) < 4.78 is 0.